The molecule has 0 radical (unpaired) electrons. The lowest BCUT2D eigenvalue weighted by Crippen LogP contribution is -2.17. The van der Waals surface area contributed by atoms with Crippen molar-refractivity contribution in [3.63, 3.8) is 0 Å². The molecular weight excluding hydrogens is 244 g/mol. The lowest BCUT2D eigenvalue weighted by Gasteiger charge is -2.12. The second-order valence-corrected chi connectivity index (χ2v) is 4.90. The standard InChI is InChI=1S/C13H16N4S/c1-3-15-10(2)11-4-5-12(16-8-11)18-13-6-7-14-9-17-13/h4-10,15H,3H2,1-2H3. The van der Waals surface area contributed by atoms with E-state index in [-0.39, 0.29) is 0 Å². The third kappa shape index (κ3) is 3.51. The fourth-order valence-corrected chi connectivity index (χ4v) is 2.26. The highest BCUT2D eigenvalue weighted by Crippen LogP contribution is 2.24. The van der Waals surface area contributed by atoms with E-state index >= 15 is 0 Å². The third-order valence-corrected chi connectivity index (χ3v) is 3.43. The number of hydrogen-bond acceptors (Lipinski definition) is 5. The molecule has 0 spiro atoms. The third-order valence-electron chi connectivity index (χ3n) is 2.53. The summed E-state index contributed by atoms with van der Waals surface area (Å²) in [5.41, 5.74) is 1.20. The number of nitrogens with one attached hydrogen (secondary N) is 1. The summed E-state index contributed by atoms with van der Waals surface area (Å²) in [6.45, 7) is 5.19. The lowest BCUT2D eigenvalue weighted by molar-refractivity contribution is 0.595. The number of rotatable bonds is 5. The van der Waals surface area contributed by atoms with Crippen molar-refractivity contribution in [2.45, 2.75) is 29.9 Å². The molecule has 2 aromatic rings. The maximum Gasteiger partial charge on any atom is 0.116 e. The van der Waals surface area contributed by atoms with Crippen molar-refractivity contribution in [1.82, 2.24) is 20.3 Å². The van der Waals surface area contributed by atoms with E-state index < -0.39 is 0 Å². The molecule has 1 atom stereocenters. The maximum absolute atomic E-state index is 4.44. The summed E-state index contributed by atoms with van der Waals surface area (Å²) < 4.78 is 0. The van der Waals surface area contributed by atoms with Crippen molar-refractivity contribution in [1.29, 1.82) is 0 Å². The zero-order valence-corrected chi connectivity index (χ0v) is 11.3. The molecule has 94 valence electrons. The molecular formula is C13H16N4S. The van der Waals surface area contributed by atoms with Gasteiger partial charge in [-0.05, 0) is 42.9 Å². The molecule has 0 aliphatic heterocycles. The van der Waals surface area contributed by atoms with Gasteiger partial charge in [-0.2, -0.15) is 0 Å². The molecule has 0 aliphatic carbocycles. The molecule has 1 unspecified atom stereocenters. The first-order chi connectivity index (χ1) is 8.79. The van der Waals surface area contributed by atoms with Crippen LogP contribution in [-0.2, 0) is 0 Å². The molecule has 0 amide bonds. The van der Waals surface area contributed by atoms with Crippen molar-refractivity contribution < 1.29 is 0 Å². The highest BCUT2D eigenvalue weighted by molar-refractivity contribution is 7.99. The van der Waals surface area contributed by atoms with Crippen LogP contribution < -0.4 is 5.32 Å². The first kappa shape index (κ1) is 13.0. The van der Waals surface area contributed by atoms with Gasteiger partial charge in [0.05, 0.1) is 0 Å². The Balaban J connectivity index is 2.04. The summed E-state index contributed by atoms with van der Waals surface area (Å²) in [4.78, 5) is 12.5. The predicted octanol–water partition coefficient (Wildman–Crippen LogP) is 2.69. The van der Waals surface area contributed by atoms with Crippen LogP contribution in [0, 0.1) is 0 Å². The molecule has 2 rings (SSSR count). The zero-order valence-electron chi connectivity index (χ0n) is 10.5. The summed E-state index contributed by atoms with van der Waals surface area (Å²) in [5.74, 6) is 0. The molecule has 2 aromatic heterocycles. The van der Waals surface area contributed by atoms with Crippen LogP contribution in [0.25, 0.3) is 0 Å². The van der Waals surface area contributed by atoms with Gasteiger partial charge in [-0.3, -0.25) is 0 Å². The first-order valence-corrected chi connectivity index (χ1v) is 6.74. The molecule has 2 heterocycles. The van der Waals surface area contributed by atoms with Gasteiger partial charge in [0.25, 0.3) is 0 Å². The predicted molar refractivity (Wildman–Crippen MR) is 72.5 cm³/mol. The number of aromatic nitrogens is 3. The first-order valence-electron chi connectivity index (χ1n) is 5.92. The Bertz CT molecular complexity index is 472. The number of pyridine rings is 1. The van der Waals surface area contributed by atoms with Gasteiger partial charge in [-0.15, -0.1) is 0 Å². The van der Waals surface area contributed by atoms with E-state index in [2.05, 4.69) is 40.2 Å². The summed E-state index contributed by atoms with van der Waals surface area (Å²) in [6, 6.07) is 6.34. The molecule has 0 aliphatic rings. The topological polar surface area (TPSA) is 50.7 Å². The Morgan fingerprint density at radius 1 is 1.22 bits per heavy atom. The SMILES string of the molecule is CCNC(C)c1ccc(Sc2ccncn2)nc1. The molecule has 4 nitrogen and oxygen atoms in total. The van der Waals surface area contributed by atoms with Crippen LogP contribution >= 0.6 is 11.8 Å². The molecule has 5 heteroatoms. The zero-order chi connectivity index (χ0) is 12.8. The van der Waals surface area contributed by atoms with Crippen LogP contribution in [0.2, 0.25) is 0 Å². The summed E-state index contributed by atoms with van der Waals surface area (Å²) in [6.07, 6.45) is 5.19. The second-order valence-electron chi connectivity index (χ2n) is 3.86. The van der Waals surface area contributed by atoms with Crippen molar-refractivity contribution in [3.8, 4) is 0 Å². The Labute approximate surface area is 111 Å². The van der Waals surface area contributed by atoms with E-state index in [0.717, 1.165) is 16.6 Å². The van der Waals surface area contributed by atoms with Gasteiger partial charge < -0.3 is 5.32 Å². The quantitative estimate of drug-likeness (QED) is 0.838. The van der Waals surface area contributed by atoms with Gasteiger partial charge in [-0.1, -0.05) is 13.0 Å². The second kappa shape index (κ2) is 6.47. The average Bonchev–Trinajstić information content (AvgIpc) is 2.41. The summed E-state index contributed by atoms with van der Waals surface area (Å²) in [5, 5.41) is 5.22. The smallest absolute Gasteiger partial charge is 0.116 e. The fourth-order valence-electron chi connectivity index (χ4n) is 1.58. The Morgan fingerprint density at radius 2 is 2.06 bits per heavy atom. The lowest BCUT2D eigenvalue weighted by atomic mass is 10.1. The Kier molecular flexibility index (Phi) is 4.66. The Morgan fingerprint density at radius 3 is 2.67 bits per heavy atom. The molecule has 0 fully saturated rings. The van der Waals surface area contributed by atoms with Crippen LogP contribution in [-0.4, -0.2) is 21.5 Å². The fraction of sp³-hybridized carbons (Fsp3) is 0.308. The van der Waals surface area contributed by atoms with Gasteiger partial charge in [0.15, 0.2) is 0 Å². The van der Waals surface area contributed by atoms with Crippen LogP contribution in [0.5, 0.6) is 0 Å². The molecule has 0 saturated carbocycles. The molecule has 1 N–H and O–H groups in total. The van der Waals surface area contributed by atoms with Crippen molar-refractivity contribution in [2.24, 2.45) is 0 Å². The molecule has 0 bridgehead atoms. The highest BCUT2D eigenvalue weighted by atomic mass is 32.2. The van der Waals surface area contributed by atoms with E-state index in [0.29, 0.717) is 6.04 Å². The highest BCUT2D eigenvalue weighted by Gasteiger charge is 2.05. The van der Waals surface area contributed by atoms with Crippen LogP contribution in [0.15, 0.2) is 47.0 Å². The molecule has 18 heavy (non-hydrogen) atoms. The van der Waals surface area contributed by atoms with Crippen LogP contribution in [0.4, 0.5) is 0 Å². The van der Waals surface area contributed by atoms with Gasteiger partial charge in [0.2, 0.25) is 0 Å². The van der Waals surface area contributed by atoms with Gasteiger partial charge in [0.1, 0.15) is 16.4 Å². The number of nitrogens with zero attached hydrogens (tertiary/aromatic N) is 3. The van der Waals surface area contributed by atoms with E-state index in [9.17, 15) is 0 Å². The van der Waals surface area contributed by atoms with Crippen molar-refractivity contribution in [2.75, 3.05) is 6.54 Å². The van der Waals surface area contributed by atoms with E-state index in [1.807, 2.05) is 18.3 Å². The van der Waals surface area contributed by atoms with E-state index in [1.54, 1.807) is 12.5 Å². The van der Waals surface area contributed by atoms with Crippen molar-refractivity contribution in [3.05, 3.63) is 42.5 Å². The van der Waals surface area contributed by atoms with Crippen LogP contribution in [0.3, 0.4) is 0 Å². The molecule has 0 saturated heterocycles. The normalized spacial score (nSPS) is 12.3. The van der Waals surface area contributed by atoms with Crippen molar-refractivity contribution >= 4 is 11.8 Å². The summed E-state index contributed by atoms with van der Waals surface area (Å²) in [7, 11) is 0. The van der Waals surface area contributed by atoms with E-state index in [1.165, 1.54) is 17.3 Å². The monoisotopic (exact) mass is 260 g/mol. The molecule has 0 aromatic carbocycles. The largest absolute Gasteiger partial charge is 0.310 e. The summed E-state index contributed by atoms with van der Waals surface area (Å²) >= 11 is 1.54. The van der Waals surface area contributed by atoms with Gasteiger partial charge >= 0.3 is 0 Å². The van der Waals surface area contributed by atoms with Gasteiger partial charge in [0, 0.05) is 18.4 Å². The maximum atomic E-state index is 4.44. The van der Waals surface area contributed by atoms with Gasteiger partial charge in [-0.25, -0.2) is 15.0 Å². The van der Waals surface area contributed by atoms with Crippen LogP contribution in [0.1, 0.15) is 25.5 Å². The average molecular weight is 260 g/mol. The Hall–Kier alpha value is -1.46. The van der Waals surface area contributed by atoms with E-state index in [4.69, 9.17) is 0 Å². The minimum absolute atomic E-state index is 0.334. The minimum Gasteiger partial charge on any atom is -0.310 e. The number of hydrogen-bond donors (Lipinski definition) is 1. The minimum atomic E-state index is 0.334.